The van der Waals surface area contributed by atoms with E-state index < -0.39 is 0 Å². The van der Waals surface area contributed by atoms with E-state index in [4.69, 9.17) is 4.42 Å². The molecule has 0 N–H and O–H groups in total. The Labute approximate surface area is 170 Å². The standard InChI is InChI=1S/C22H18BrN3O2/c1-14-20-5-2-15(17-7-9-28-13-17)10-16(20)6-8-25(14)22(27)21-11-19-4-3-18(23)12-26(19)24-21/h2-5,7,9-14H,6,8H2,1H3. The minimum Gasteiger partial charge on any atom is -0.472 e. The molecule has 0 fully saturated rings. The molecule has 4 heterocycles. The van der Waals surface area contributed by atoms with Crippen LogP contribution >= 0.6 is 15.9 Å². The van der Waals surface area contributed by atoms with Crippen LogP contribution in [0.1, 0.15) is 34.6 Å². The van der Waals surface area contributed by atoms with Gasteiger partial charge in [-0.2, -0.15) is 5.10 Å². The molecule has 6 heteroatoms. The summed E-state index contributed by atoms with van der Waals surface area (Å²) in [7, 11) is 0. The first kappa shape index (κ1) is 17.3. The van der Waals surface area contributed by atoms with E-state index in [1.807, 2.05) is 35.4 Å². The number of benzene rings is 1. The van der Waals surface area contributed by atoms with Gasteiger partial charge in [0.2, 0.25) is 0 Å². The Kier molecular flexibility index (Phi) is 4.09. The van der Waals surface area contributed by atoms with E-state index >= 15 is 0 Å². The molecule has 3 aromatic heterocycles. The molecule has 1 aromatic carbocycles. The van der Waals surface area contributed by atoms with Crippen molar-refractivity contribution in [3.05, 3.63) is 82.5 Å². The van der Waals surface area contributed by atoms with Crippen LogP contribution in [0, 0.1) is 0 Å². The molecule has 1 unspecified atom stereocenters. The van der Waals surface area contributed by atoms with Crippen molar-refractivity contribution in [2.75, 3.05) is 6.54 Å². The van der Waals surface area contributed by atoms with E-state index in [9.17, 15) is 4.79 Å². The highest BCUT2D eigenvalue weighted by molar-refractivity contribution is 9.10. The summed E-state index contributed by atoms with van der Waals surface area (Å²) < 4.78 is 7.86. The first-order valence-electron chi connectivity index (χ1n) is 9.21. The van der Waals surface area contributed by atoms with Gasteiger partial charge in [0.05, 0.1) is 24.1 Å². The molecule has 140 valence electrons. The Morgan fingerprint density at radius 2 is 2.07 bits per heavy atom. The van der Waals surface area contributed by atoms with Crippen LogP contribution in [0.5, 0.6) is 0 Å². The predicted octanol–water partition coefficient (Wildman–Crippen LogP) is 5.12. The lowest BCUT2D eigenvalue weighted by molar-refractivity contribution is 0.0671. The molecular weight excluding hydrogens is 418 g/mol. The molecule has 28 heavy (non-hydrogen) atoms. The average Bonchev–Trinajstić information content (AvgIpc) is 3.37. The minimum atomic E-state index is -0.0307. The number of carbonyl (C=O) groups excluding carboxylic acids is 1. The highest BCUT2D eigenvalue weighted by atomic mass is 79.9. The number of furan rings is 1. The minimum absolute atomic E-state index is 0.00574. The third kappa shape index (κ3) is 2.85. The van der Waals surface area contributed by atoms with Crippen molar-refractivity contribution in [3.8, 4) is 11.1 Å². The lowest BCUT2D eigenvalue weighted by Crippen LogP contribution is -2.39. The molecule has 5 nitrogen and oxygen atoms in total. The van der Waals surface area contributed by atoms with Gasteiger partial charge in [-0.1, -0.05) is 18.2 Å². The molecule has 4 aromatic rings. The van der Waals surface area contributed by atoms with Crippen molar-refractivity contribution in [2.45, 2.75) is 19.4 Å². The van der Waals surface area contributed by atoms with Gasteiger partial charge in [0.25, 0.3) is 5.91 Å². The number of rotatable bonds is 2. The molecule has 1 aliphatic heterocycles. The van der Waals surface area contributed by atoms with Gasteiger partial charge in [-0.25, -0.2) is 4.52 Å². The summed E-state index contributed by atoms with van der Waals surface area (Å²) in [5.41, 5.74) is 6.08. The van der Waals surface area contributed by atoms with Crippen LogP contribution in [-0.4, -0.2) is 27.0 Å². The molecular formula is C22H18BrN3O2. The van der Waals surface area contributed by atoms with Crippen molar-refractivity contribution < 1.29 is 9.21 Å². The summed E-state index contributed by atoms with van der Waals surface area (Å²) in [4.78, 5) is 15.1. The summed E-state index contributed by atoms with van der Waals surface area (Å²) >= 11 is 3.44. The van der Waals surface area contributed by atoms with Crippen molar-refractivity contribution in [1.29, 1.82) is 0 Å². The second kappa shape index (κ2) is 6.63. The Bertz CT molecular complexity index is 1180. The van der Waals surface area contributed by atoms with Crippen molar-refractivity contribution in [2.24, 2.45) is 0 Å². The Morgan fingerprint density at radius 1 is 1.18 bits per heavy atom. The number of hydrogen-bond acceptors (Lipinski definition) is 3. The molecule has 0 bridgehead atoms. The molecule has 5 rings (SSSR count). The molecule has 1 aliphatic rings. The second-order valence-electron chi connectivity index (χ2n) is 7.10. The molecule has 1 atom stereocenters. The van der Waals surface area contributed by atoms with Gasteiger partial charge in [0.15, 0.2) is 5.69 Å². The molecule has 0 saturated carbocycles. The monoisotopic (exact) mass is 435 g/mol. The number of amides is 1. The normalized spacial score (nSPS) is 16.4. The fraction of sp³-hybridized carbons (Fsp3) is 0.182. The van der Waals surface area contributed by atoms with E-state index in [1.165, 1.54) is 11.1 Å². The summed E-state index contributed by atoms with van der Waals surface area (Å²) in [5.74, 6) is -0.0307. The number of halogens is 1. The van der Waals surface area contributed by atoms with Crippen molar-refractivity contribution >= 4 is 27.4 Å². The Morgan fingerprint density at radius 3 is 2.89 bits per heavy atom. The van der Waals surface area contributed by atoms with Crippen molar-refractivity contribution in [3.63, 3.8) is 0 Å². The van der Waals surface area contributed by atoms with Gasteiger partial charge in [0, 0.05) is 22.8 Å². The highest BCUT2D eigenvalue weighted by Gasteiger charge is 2.29. The van der Waals surface area contributed by atoms with Crippen LogP contribution in [0.2, 0.25) is 0 Å². The number of fused-ring (bicyclic) bond motifs is 2. The van der Waals surface area contributed by atoms with E-state index in [1.54, 1.807) is 17.0 Å². The first-order chi connectivity index (χ1) is 13.6. The maximum atomic E-state index is 13.2. The van der Waals surface area contributed by atoms with Crippen LogP contribution < -0.4 is 0 Å². The topological polar surface area (TPSA) is 50.8 Å². The lowest BCUT2D eigenvalue weighted by atomic mass is 9.90. The summed E-state index contributed by atoms with van der Waals surface area (Å²) in [5, 5.41) is 4.47. The summed E-state index contributed by atoms with van der Waals surface area (Å²) in [6, 6.07) is 14.1. The van der Waals surface area contributed by atoms with E-state index in [2.05, 4.69) is 46.2 Å². The number of carbonyl (C=O) groups is 1. The fourth-order valence-corrected chi connectivity index (χ4v) is 4.26. The van der Waals surface area contributed by atoms with Crippen LogP contribution in [-0.2, 0) is 6.42 Å². The predicted molar refractivity (Wildman–Crippen MR) is 110 cm³/mol. The number of pyridine rings is 1. The molecule has 0 spiro atoms. The largest absolute Gasteiger partial charge is 0.472 e. The highest BCUT2D eigenvalue weighted by Crippen LogP contribution is 2.33. The molecule has 1 amide bonds. The van der Waals surface area contributed by atoms with Gasteiger partial charge in [-0.15, -0.1) is 0 Å². The summed E-state index contributed by atoms with van der Waals surface area (Å²) in [6.45, 7) is 2.76. The fourth-order valence-electron chi connectivity index (χ4n) is 3.93. The maximum Gasteiger partial charge on any atom is 0.274 e. The summed E-state index contributed by atoms with van der Waals surface area (Å²) in [6.07, 6.45) is 6.13. The van der Waals surface area contributed by atoms with E-state index in [0.717, 1.165) is 27.5 Å². The Balaban J connectivity index is 1.45. The zero-order valence-corrected chi connectivity index (χ0v) is 16.9. The number of hydrogen-bond donors (Lipinski definition) is 0. The van der Waals surface area contributed by atoms with Gasteiger partial charge >= 0.3 is 0 Å². The molecule has 0 saturated heterocycles. The van der Waals surface area contributed by atoms with Gasteiger partial charge < -0.3 is 9.32 Å². The van der Waals surface area contributed by atoms with Gasteiger partial charge in [0.1, 0.15) is 0 Å². The lowest BCUT2D eigenvalue weighted by Gasteiger charge is -2.35. The van der Waals surface area contributed by atoms with Gasteiger partial charge in [-0.3, -0.25) is 4.79 Å². The second-order valence-corrected chi connectivity index (χ2v) is 8.01. The maximum absolute atomic E-state index is 13.2. The average molecular weight is 436 g/mol. The quantitative estimate of drug-likeness (QED) is 0.439. The van der Waals surface area contributed by atoms with Crippen molar-refractivity contribution in [1.82, 2.24) is 14.5 Å². The van der Waals surface area contributed by atoms with Gasteiger partial charge in [-0.05, 0) is 70.2 Å². The molecule has 0 aliphatic carbocycles. The van der Waals surface area contributed by atoms with Crippen LogP contribution in [0.4, 0.5) is 0 Å². The number of aromatic nitrogens is 2. The molecule has 0 radical (unpaired) electrons. The van der Waals surface area contributed by atoms with E-state index in [-0.39, 0.29) is 11.9 Å². The third-order valence-corrected chi connectivity index (χ3v) is 5.91. The van der Waals surface area contributed by atoms with E-state index in [0.29, 0.717) is 12.2 Å². The van der Waals surface area contributed by atoms with Crippen LogP contribution in [0.25, 0.3) is 16.6 Å². The third-order valence-electron chi connectivity index (χ3n) is 5.44. The smallest absolute Gasteiger partial charge is 0.274 e. The number of nitrogens with zero attached hydrogens (tertiary/aromatic N) is 3. The first-order valence-corrected chi connectivity index (χ1v) is 10.0. The zero-order valence-electron chi connectivity index (χ0n) is 15.3. The zero-order chi connectivity index (χ0) is 19.3. The SMILES string of the molecule is CC1c2ccc(-c3ccoc3)cc2CCN1C(=O)c1cc2ccc(Br)cn2n1. The van der Waals surface area contributed by atoms with Crippen LogP contribution in [0.3, 0.4) is 0 Å². The van der Waals surface area contributed by atoms with Crippen LogP contribution in [0.15, 0.2) is 70.1 Å². The Hall–Kier alpha value is -2.86.